The van der Waals surface area contributed by atoms with Crippen molar-refractivity contribution in [3.63, 3.8) is 0 Å². The highest BCUT2D eigenvalue weighted by Gasteiger charge is 2.37. The average Bonchev–Trinajstić information content (AvgIpc) is 2.42. The number of alkyl halides is 2. The van der Waals surface area contributed by atoms with Crippen LogP contribution in [0.5, 0.6) is 0 Å². The highest BCUT2D eigenvalue weighted by molar-refractivity contribution is 14.1. The normalized spacial score (nSPS) is 18.6. The number of nitrogens with zero attached hydrogens (tertiary/aromatic N) is 2. The van der Waals surface area contributed by atoms with Gasteiger partial charge in [-0.05, 0) is 41.5 Å². The van der Waals surface area contributed by atoms with E-state index >= 15 is 0 Å². The maximum atomic E-state index is 12.6. The monoisotopic (exact) mass is 416 g/mol. The van der Waals surface area contributed by atoms with E-state index in [-0.39, 0.29) is 13.0 Å². The SMILES string of the molecule is OCC1(CC(F)F)CCN(c2cc(Cl)ncc2I)CC1. The Balaban J connectivity index is 2.08. The quantitative estimate of drug-likeness (QED) is 0.602. The van der Waals surface area contributed by atoms with Gasteiger partial charge in [0.25, 0.3) is 0 Å². The second kappa shape index (κ2) is 6.70. The van der Waals surface area contributed by atoms with Crippen LogP contribution in [0.4, 0.5) is 14.5 Å². The molecule has 0 spiro atoms. The fourth-order valence-electron chi connectivity index (χ4n) is 2.62. The minimum atomic E-state index is -2.37. The summed E-state index contributed by atoms with van der Waals surface area (Å²) in [6.07, 6.45) is 0.217. The molecule has 112 valence electrons. The van der Waals surface area contributed by atoms with Crippen LogP contribution in [0.15, 0.2) is 12.3 Å². The van der Waals surface area contributed by atoms with Crippen molar-refractivity contribution in [1.29, 1.82) is 0 Å². The summed E-state index contributed by atoms with van der Waals surface area (Å²) in [5, 5.41) is 9.88. The van der Waals surface area contributed by atoms with E-state index in [0.29, 0.717) is 31.1 Å². The van der Waals surface area contributed by atoms with E-state index in [0.717, 1.165) is 9.26 Å². The lowest BCUT2D eigenvalue weighted by atomic mass is 9.76. The minimum Gasteiger partial charge on any atom is -0.396 e. The van der Waals surface area contributed by atoms with Gasteiger partial charge in [0.05, 0.1) is 9.26 Å². The second-order valence-corrected chi connectivity index (χ2v) is 6.75. The molecule has 0 amide bonds. The predicted octanol–water partition coefficient (Wildman–Crippen LogP) is 3.57. The molecule has 20 heavy (non-hydrogen) atoms. The smallest absolute Gasteiger partial charge is 0.239 e. The molecule has 0 radical (unpaired) electrons. The number of anilines is 1. The maximum absolute atomic E-state index is 12.6. The van der Waals surface area contributed by atoms with Crippen LogP contribution >= 0.6 is 34.2 Å². The van der Waals surface area contributed by atoms with Crippen LogP contribution in [0.25, 0.3) is 0 Å². The minimum absolute atomic E-state index is 0.181. The third-order valence-corrected chi connectivity index (χ3v) is 4.93. The second-order valence-electron chi connectivity index (χ2n) is 5.20. The van der Waals surface area contributed by atoms with E-state index < -0.39 is 11.8 Å². The van der Waals surface area contributed by atoms with Crippen molar-refractivity contribution < 1.29 is 13.9 Å². The Morgan fingerprint density at radius 2 is 2.10 bits per heavy atom. The van der Waals surface area contributed by atoms with E-state index in [9.17, 15) is 13.9 Å². The molecule has 1 N–H and O–H groups in total. The lowest BCUT2D eigenvalue weighted by Crippen LogP contribution is -2.43. The number of halogens is 4. The Morgan fingerprint density at radius 3 is 2.65 bits per heavy atom. The third-order valence-electron chi connectivity index (χ3n) is 3.89. The van der Waals surface area contributed by atoms with Gasteiger partial charge in [-0.1, -0.05) is 11.6 Å². The Bertz CT molecular complexity index is 468. The molecule has 0 saturated carbocycles. The fraction of sp³-hybridized carbons (Fsp3) is 0.615. The van der Waals surface area contributed by atoms with E-state index in [1.807, 2.05) is 0 Å². The molecule has 1 aliphatic heterocycles. The summed E-state index contributed by atoms with van der Waals surface area (Å²) in [6.45, 7) is 1.10. The molecule has 0 bridgehead atoms. The standard InChI is InChI=1S/C13H16ClF2IN2O/c14-11-5-10(9(17)7-18-11)19-3-1-13(8-20,2-4-19)6-12(15)16/h5,7,12,20H,1-4,6,8H2. The molecule has 1 aliphatic rings. The van der Waals surface area contributed by atoms with E-state index in [2.05, 4.69) is 32.5 Å². The zero-order chi connectivity index (χ0) is 14.8. The summed E-state index contributed by atoms with van der Waals surface area (Å²) < 4.78 is 26.3. The number of hydrogen-bond acceptors (Lipinski definition) is 3. The summed E-state index contributed by atoms with van der Waals surface area (Å²) in [7, 11) is 0. The van der Waals surface area contributed by atoms with Gasteiger partial charge in [0.15, 0.2) is 0 Å². The number of aliphatic hydroxyl groups is 1. The molecule has 7 heteroatoms. The first-order chi connectivity index (χ1) is 9.46. The Labute approximate surface area is 135 Å². The molecule has 1 aromatic heterocycles. The van der Waals surface area contributed by atoms with Crippen molar-refractivity contribution in [1.82, 2.24) is 4.98 Å². The van der Waals surface area contributed by atoms with Crippen LogP contribution in [0, 0.1) is 8.99 Å². The summed E-state index contributed by atoms with van der Waals surface area (Å²) in [4.78, 5) is 6.13. The van der Waals surface area contributed by atoms with Crippen LogP contribution in [-0.4, -0.2) is 36.2 Å². The Hall–Kier alpha value is -0.210. The molecule has 1 aromatic rings. The van der Waals surface area contributed by atoms with Crippen molar-refractivity contribution >= 4 is 39.9 Å². The lowest BCUT2D eigenvalue weighted by Gasteiger charge is -2.41. The zero-order valence-corrected chi connectivity index (χ0v) is 13.7. The molecule has 3 nitrogen and oxygen atoms in total. The summed E-state index contributed by atoms with van der Waals surface area (Å²) in [6, 6.07) is 1.79. The molecule has 1 fully saturated rings. The van der Waals surface area contributed by atoms with E-state index in [1.54, 1.807) is 12.3 Å². The molecule has 2 rings (SSSR count). The van der Waals surface area contributed by atoms with Crippen LogP contribution in [0.3, 0.4) is 0 Å². The van der Waals surface area contributed by atoms with Gasteiger partial charge < -0.3 is 10.0 Å². The van der Waals surface area contributed by atoms with Crippen molar-refractivity contribution in [3.8, 4) is 0 Å². The van der Waals surface area contributed by atoms with Gasteiger partial charge in [0.1, 0.15) is 5.15 Å². The van der Waals surface area contributed by atoms with Crippen molar-refractivity contribution in [2.75, 3.05) is 24.6 Å². The van der Waals surface area contributed by atoms with Gasteiger partial charge in [-0.15, -0.1) is 0 Å². The van der Waals surface area contributed by atoms with Gasteiger partial charge in [-0.25, -0.2) is 13.8 Å². The number of pyridine rings is 1. The van der Waals surface area contributed by atoms with Crippen LogP contribution in [0.2, 0.25) is 5.15 Å². The number of hydrogen-bond donors (Lipinski definition) is 1. The highest BCUT2D eigenvalue weighted by Crippen LogP contribution is 2.39. The van der Waals surface area contributed by atoms with Gasteiger partial charge in [-0.3, -0.25) is 0 Å². The number of aliphatic hydroxyl groups excluding tert-OH is 1. The molecule has 0 aliphatic carbocycles. The first-order valence-corrected chi connectivity index (χ1v) is 7.86. The fourth-order valence-corrected chi connectivity index (χ4v) is 3.41. The van der Waals surface area contributed by atoms with Crippen molar-refractivity contribution in [2.45, 2.75) is 25.7 Å². The van der Waals surface area contributed by atoms with E-state index in [4.69, 9.17) is 11.6 Å². The highest BCUT2D eigenvalue weighted by atomic mass is 127. The summed E-state index contributed by atoms with van der Waals surface area (Å²) in [5.74, 6) is 0. The molecule has 2 heterocycles. The van der Waals surface area contributed by atoms with Crippen LogP contribution < -0.4 is 4.90 Å². The third kappa shape index (κ3) is 3.71. The molecule has 1 saturated heterocycles. The van der Waals surface area contributed by atoms with Crippen LogP contribution in [0.1, 0.15) is 19.3 Å². The molecular weight excluding hydrogens is 401 g/mol. The maximum Gasteiger partial charge on any atom is 0.239 e. The largest absolute Gasteiger partial charge is 0.396 e. The lowest BCUT2D eigenvalue weighted by molar-refractivity contribution is 0.0168. The average molecular weight is 417 g/mol. The predicted molar refractivity (Wildman–Crippen MR) is 83.6 cm³/mol. The van der Waals surface area contributed by atoms with Gasteiger partial charge >= 0.3 is 0 Å². The first kappa shape index (κ1) is 16.2. The topological polar surface area (TPSA) is 36.4 Å². The number of rotatable bonds is 4. The first-order valence-electron chi connectivity index (χ1n) is 6.41. The number of aromatic nitrogens is 1. The molecular formula is C13H16ClF2IN2O. The van der Waals surface area contributed by atoms with E-state index in [1.165, 1.54) is 0 Å². The van der Waals surface area contributed by atoms with Crippen molar-refractivity contribution in [3.05, 3.63) is 21.0 Å². The Morgan fingerprint density at radius 1 is 1.45 bits per heavy atom. The van der Waals surface area contributed by atoms with Crippen molar-refractivity contribution in [2.24, 2.45) is 5.41 Å². The summed E-state index contributed by atoms with van der Waals surface area (Å²) >= 11 is 8.09. The summed E-state index contributed by atoms with van der Waals surface area (Å²) in [5.41, 5.74) is 0.335. The van der Waals surface area contributed by atoms with Gasteiger partial charge in [0, 0.05) is 37.7 Å². The zero-order valence-electron chi connectivity index (χ0n) is 10.8. The molecule has 0 unspecified atom stereocenters. The molecule has 0 atom stereocenters. The van der Waals surface area contributed by atoms with Crippen LogP contribution in [-0.2, 0) is 0 Å². The Kier molecular flexibility index (Phi) is 5.42. The van der Waals surface area contributed by atoms with Gasteiger partial charge in [-0.2, -0.15) is 0 Å². The number of piperidine rings is 1. The molecule has 0 aromatic carbocycles. The van der Waals surface area contributed by atoms with Gasteiger partial charge in [0.2, 0.25) is 6.43 Å².